The summed E-state index contributed by atoms with van der Waals surface area (Å²) in [5, 5.41) is 19.4. The van der Waals surface area contributed by atoms with Gasteiger partial charge < -0.3 is 15.1 Å². The molecule has 8 heteroatoms. The summed E-state index contributed by atoms with van der Waals surface area (Å²) >= 11 is 17.8. The standard InChI is InChI=1S/C18H14Cl3NO4/c19-13-4-1-11(2-5-13)9-22(17(24)8-16(23)18(25)26)10-12-3-6-14(20)15(21)7-12/h1-8,23H,9-10H2,(H,25,26). The number of benzene rings is 2. The van der Waals surface area contributed by atoms with Crippen molar-refractivity contribution >= 4 is 46.7 Å². The van der Waals surface area contributed by atoms with E-state index >= 15 is 0 Å². The van der Waals surface area contributed by atoms with Crippen LogP contribution in [-0.4, -0.2) is 27.0 Å². The Kier molecular flexibility index (Phi) is 6.91. The van der Waals surface area contributed by atoms with Gasteiger partial charge in [-0.3, -0.25) is 4.79 Å². The van der Waals surface area contributed by atoms with Crippen LogP contribution in [0.3, 0.4) is 0 Å². The lowest BCUT2D eigenvalue weighted by Gasteiger charge is -2.22. The summed E-state index contributed by atoms with van der Waals surface area (Å²) in [6.07, 6.45) is 0.662. The molecule has 0 spiro atoms. The lowest BCUT2D eigenvalue weighted by molar-refractivity contribution is -0.136. The number of carbonyl (C=O) groups excluding carboxylic acids is 1. The Bertz CT molecular complexity index is 850. The first-order valence-electron chi connectivity index (χ1n) is 7.37. The van der Waals surface area contributed by atoms with Crippen LogP contribution in [0.25, 0.3) is 0 Å². The zero-order valence-corrected chi connectivity index (χ0v) is 15.6. The van der Waals surface area contributed by atoms with E-state index < -0.39 is 17.6 Å². The van der Waals surface area contributed by atoms with Crippen LogP contribution in [-0.2, 0) is 22.7 Å². The van der Waals surface area contributed by atoms with Crippen LogP contribution in [0.1, 0.15) is 11.1 Å². The maximum absolute atomic E-state index is 12.4. The Hall–Kier alpha value is -2.21. The van der Waals surface area contributed by atoms with Gasteiger partial charge in [-0.25, -0.2) is 4.79 Å². The predicted molar refractivity (Wildman–Crippen MR) is 101 cm³/mol. The summed E-state index contributed by atoms with van der Waals surface area (Å²) < 4.78 is 0. The molecule has 2 aromatic carbocycles. The monoisotopic (exact) mass is 413 g/mol. The average molecular weight is 415 g/mol. The third kappa shape index (κ3) is 5.66. The number of aliphatic hydroxyl groups is 1. The Morgan fingerprint density at radius 2 is 1.46 bits per heavy atom. The van der Waals surface area contributed by atoms with Gasteiger partial charge in [0.2, 0.25) is 5.76 Å². The number of amides is 1. The van der Waals surface area contributed by atoms with Crippen LogP contribution >= 0.6 is 34.8 Å². The van der Waals surface area contributed by atoms with E-state index in [4.69, 9.17) is 39.9 Å². The number of carboxylic acid groups (broad SMARTS) is 1. The van der Waals surface area contributed by atoms with Crippen molar-refractivity contribution < 1.29 is 19.8 Å². The van der Waals surface area contributed by atoms with Crippen molar-refractivity contribution in [3.63, 3.8) is 0 Å². The molecule has 2 aromatic rings. The van der Waals surface area contributed by atoms with Gasteiger partial charge in [-0.15, -0.1) is 0 Å². The molecule has 0 atom stereocenters. The van der Waals surface area contributed by atoms with Crippen molar-refractivity contribution in [2.75, 3.05) is 0 Å². The summed E-state index contributed by atoms with van der Waals surface area (Å²) in [5.74, 6) is -3.28. The number of carboxylic acids is 1. The molecule has 0 fully saturated rings. The normalized spacial score (nSPS) is 11.3. The average Bonchev–Trinajstić information content (AvgIpc) is 2.59. The van der Waals surface area contributed by atoms with E-state index in [0.717, 1.165) is 5.56 Å². The number of hydrogen-bond donors (Lipinski definition) is 2. The molecule has 0 aliphatic heterocycles. The number of hydrogen-bond acceptors (Lipinski definition) is 3. The molecule has 0 aliphatic carbocycles. The molecular weight excluding hydrogens is 401 g/mol. The van der Waals surface area contributed by atoms with Gasteiger partial charge in [0.25, 0.3) is 5.91 Å². The number of aliphatic hydroxyl groups excluding tert-OH is 1. The lowest BCUT2D eigenvalue weighted by atomic mass is 10.1. The first-order chi connectivity index (χ1) is 12.3. The maximum atomic E-state index is 12.4. The summed E-state index contributed by atoms with van der Waals surface area (Å²) in [6, 6.07) is 11.8. The van der Waals surface area contributed by atoms with Crippen molar-refractivity contribution in [1.82, 2.24) is 4.90 Å². The molecule has 26 heavy (non-hydrogen) atoms. The molecule has 2 N–H and O–H groups in total. The first-order valence-corrected chi connectivity index (χ1v) is 8.51. The number of carbonyl (C=O) groups is 2. The van der Waals surface area contributed by atoms with Gasteiger partial charge in [0.15, 0.2) is 0 Å². The third-order valence-electron chi connectivity index (χ3n) is 3.44. The molecule has 5 nitrogen and oxygen atoms in total. The Morgan fingerprint density at radius 3 is 2.04 bits per heavy atom. The highest BCUT2D eigenvalue weighted by Crippen LogP contribution is 2.24. The second-order valence-electron chi connectivity index (χ2n) is 5.40. The Morgan fingerprint density at radius 1 is 0.885 bits per heavy atom. The van der Waals surface area contributed by atoms with Crippen molar-refractivity contribution in [3.05, 3.63) is 80.5 Å². The van der Waals surface area contributed by atoms with E-state index in [1.807, 2.05) is 0 Å². The van der Waals surface area contributed by atoms with Crippen LogP contribution < -0.4 is 0 Å². The van der Waals surface area contributed by atoms with Crippen LogP contribution in [0.4, 0.5) is 0 Å². The van der Waals surface area contributed by atoms with E-state index in [-0.39, 0.29) is 13.1 Å². The van der Waals surface area contributed by atoms with Gasteiger partial charge in [0.1, 0.15) is 0 Å². The smallest absolute Gasteiger partial charge is 0.371 e. The highest BCUT2D eigenvalue weighted by Gasteiger charge is 2.16. The molecule has 0 saturated carbocycles. The van der Waals surface area contributed by atoms with Gasteiger partial charge in [0, 0.05) is 18.1 Å². The summed E-state index contributed by atoms with van der Waals surface area (Å²) in [7, 11) is 0. The summed E-state index contributed by atoms with van der Waals surface area (Å²) in [4.78, 5) is 24.5. The fourth-order valence-electron chi connectivity index (χ4n) is 2.15. The summed E-state index contributed by atoms with van der Waals surface area (Å²) in [5.41, 5.74) is 1.48. The number of nitrogens with zero attached hydrogens (tertiary/aromatic N) is 1. The Labute approximate surface area is 165 Å². The highest BCUT2D eigenvalue weighted by atomic mass is 35.5. The largest absolute Gasteiger partial charge is 0.502 e. The zero-order valence-electron chi connectivity index (χ0n) is 13.3. The zero-order chi connectivity index (χ0) is 19.3. The van der Waals surface area contributed by atoms with Crippen molar-refractivity contribution in [2.24, 2.45) is 0 Å². The third-order valence-corrected chi connectivity index (χ3v) is 4.43. The van der Waals surface area contributed by atoms with E-state index in [0.29, 0.717) is 26.7 Å². The minimum Gasteiger partial charge on any atom is -0.502 e. The molecule has 0 radical (unpaired) electrons. The molecule has 0 aliphatic rings. The molecule has 0 heterocycles. The van der Waals surface area contributed by atoms with Crippen molar-refractivity contribution in [1.29, 1.82) is 0 Å². The fourth-order valence-corrected chi connectivity index (χ4v) is 2.60. The van der Waals surface area contributed by atoms with E-state index in [1.54, 1.807) is 42.5 Å². The van der Waals surface area contributed by atoms with Gasteiger partial charge in [-0.1, -0.05) is 53.0 Å². The number of rotatable bonds is 6. The second-order valence-corrected chi connectivity index (χ2v) is 6.65. The van der Waals surface area contributed by atoms with Crippen LogP contribution in [0.15, 0.2) is 54.3 Å². The van der Waals surface area contributed by atoms with Gasteiger partial charge in [0.05, 0.1) is 16.1 Å². The molecule has 0 saturated heterocycles. The van der Waals surface area contributed by atoms with Crippen LogP contribution in [0.2, 0.25) is 15.1 Å². The van der Waals surface area contributed by atoms with Gasteiger partial charge in [-0.2, -0.15) is 0 Å². The van der Waals surface area contributed by atoms with Gasteiger partial charge in [-0.05, 0) is 35.4 Å². The quantitative estimate of drug-likeness (QED) is 0.530. The van der Waals surface area contributed by atoms with Crippen LogP contribution in [0.5, 0.6) is 0 Å². The molecular formula is C18H14Cl3NO4. The SMILES string of the molecule is O=C(O)C(O)=CC(=O)N(Cc1ccc(Cl)cc1)Cc1ccc(Cl)c(Cl)c1. The minimum absolute atomic E-state index is 0.141. The topological polar surface area (TPSA) is 77.8 Å². The van der Waals surface area contributed by atoms with E-state index in [9.17, 15) is 14.7 Å². The maximum Gasteiger partial charge on any atom is 0.371 e. The molecule has 0 aromatic heterocycles. The van der Waals surface area contributed by atoms with E-state index in [2.05, 4.69) is 0 Å². The molecule has 136 valence electrons. The van der Waals surface area contributed by atoms with Crippen LogP contribution in [0, 0.1) is 0 Å². The van der Waals surface area contributed by atoms with E-state index in [1.165, 1.54) is 4.90 Å². The predicted octanol–water partition coefficient (Wildman–Crippen LogP) is 4.70. The summed E-state index contributed by atoms with van der Waals surface area (Å²) in [6.45, 7) is 0.321. The fraction of sp³-hybridized carbons (Fsp3) is 0.111. The van der Waals surface area contributed by atoms with Crippen molar-refractivity contribution in [2.45, 2.75) is 13.1 Å². The Balaban J connectivity index is 2.28. The molecule has 1 amide bonds. The van der Waals surface area contributed by atoms with Crippen molar-refractivity contribution in [3.8, 4) is 0 Å². The molecule has 0 unspecified atom stereocenters. The number of halogens is 3. The molecule has 2 rings (SSSR count). The second kappa shape index (κ2) is 8.94. The molecule has 0 bridgehead atoms. The van der Waals surface area contributed by atoms with Gasteiger partial charge >= 0.3 is 5.97 Å². The highest BCUT2D eigenvalue weighted by molar-refractivity contribution is 6.42. The minimum atomic E-state index is -1.58. The lowest BCUT2D eigenvalue weighted by Crippen LogP contribution is -2.29. The number of aliphatic carboxylic acids is 1. The first kappa shape index (κ1) is 20.1.